The fourth-order valence-corrected chi connectivity index (χ4v) is 1.23. The monoisotopic (exact) mass is 208 g/mol. The lowest BCUT2D eigenvalue weighted by Crippen LogP contribution is -2.31. The highest BCUT2D eigenvalue weighted by molar-refractivity contribution is 7.09. The largest absolute Gasteiger partial charge is 0.475 e. The molecule has 0 radical (unpaired) electrons. The van der Waals surface area contributed by atoms with Crippen molar-refractivity contribution in [3.63, 3.8) is 0 Å². The Bertz CT molecular complexity index is 284. The Morgan fingerprint density at radius 3 is 2.85 bits per heavy atom. The van der Waals surface area contributed by atoms with Gasteiger partial charge < -0.3 is 9.84 Å². The Labute approximate surface area is 76.6 Å². The Morgan fingerprint density at radius 2 is 2.38 bits per heavy atom. The van der Waals surface area contributed by atoms with Crippen LogP contribution in [0.2, 0.25) is 0 Å². The van der Waals surface area contributed by atoms with Crippen LogP contribution in [0.5, 0.6) is 0 Å². The number of alkyl halides is 2. The van der Waals surface area contributed by atoms with Gasteiger partial charge in [0.2, 0.25) is 0 Å². The van der Waals surface area contributed by atoms with Gasteiger partial charge in [-0.1, -0.05) is 6.07 Å². The molecule has 1 aromatic heterocycles. The predicted molar refractivity (Wildman–Crippen MR) is 41.7 cm³/mol. The molecule has 13 heavy (non-hydrogen) atoms. The lowest BCUT2D eigenvalue weighted by molar-refractivity contribution is -0.250. The molecule has 0 aliphatic rings. The van der Waals surface area contributed by atoms with Crippen LogP contribution in [0.3, 0.4) is 0 Å². The van der Waals surface area contributed by atoms with Crippen molar-refractivity contribution in [3.05, 3.63) is 22.4 Å². The van der Waals surface area contributed by atoms with E-state index in [-0.39, 0.29) is 0 Å². The van der Waals surface area contributed by atoms with Crippen molar-refractivity contribution in [1.29, 1.82) is 0 Å². The smallest absolute Gasteiger partial charge is 0.456 e. The molecule has 0 aliphatic carbocycles. The van der Waals surface area contributed by atoms with Crippen molar-refractivity contribution in [1.82, 2.24) is 0 Å². The van der Waals surface area contributed by atoms with E-state index >= 15 is 0 Å². The van der Waals surface area contributed by atoms with Crippen molar-refractivity contribution < 1.29 is 23.4 Å². The minimum atomic E-state index is -4.11. The van der Waals surface area contributed by atoms with Crippen LogP contribution in [0, 0.1) is 0 Å². The second-order valence-corrected chi connectivity index (χ2v) is 3.22. The topological polar surface area (TPSA) is 46.5 Å². The zero-order valence-electron chi connectivity index (χ0n) is 6.37. The van der Waals surface area contributed by atoms with Gasteiger partial charge in [-0.2, -0.15) is 8.78 Å². The van der Waals surface area contributed by atoms with E-state index < -0.39 is 18.7 Å². The second kappa shape index (κ2) is 3.80. The first-order valence-corrected chi connectivity index (χ1v) is 4.18. The van der Waals surface area contributed by atoms with E-state index in [0.717, 1.165) is 0 Å². The Balaban J connectivity index is 2.47. The maximum Gasteiger partial charge on any atom is 0.456 e. The minimum absolute atomic E-state index is 0.392. The van der Waals surface area contributed by atoms with Crippen LogP contribution in [0.15, 0.2) is 17.5 Å². The molecular weight excluding hydrogens is 202 g/mol. The predicted octanol–water partition coefficient (Wildman–Crippen LogP) is 1.94. The van der Waals surface area contributed by atoms with Gasteiger partial charge in [-0.25, -0.2) is 4.79 Å². The summed E-state index contributed by atoms with van der Waals surface area (Å²) >= 11 is 1.22. The summed E-state index contributed by atoms with van der Waals surface area (Å²) in [6.45, 7) is -0.392. The summed E-state index contributed by atoms with van der Waals surface area (Å²) in [5.41, 5.74) is 0. The van der Waals surface area contributed by atoms with Gasteiger partial charge in [0.25, 0.3) is 0 Å². The molecule has 0 aliphatic heterocycles. The Hall–Kier alpha value is -1.01. The fourth-order valence-electron chi connectivity index (χ4n) is 0.618. The third-order valence-electron chi connectivity index (χ3n) is 1.22. The normalized spacial score (nSPS) is 11.5. The highest BCUT2D eigenvalue weighted by atomic mass is 32.1. The van der Waals surface area contributed by atoms with Gasteiger partial charge in [-0.3, -0.25) is 0 Å². The maximum absolute atomic E-state index is 12.3. The lowest BCUT2D eigenvalue weighted by atomic mass is 10.5. The summed E-state index contributed by atoms with van der Waals surface area (Å²) in [6.07, 6.45) is -4.11. The zero-order valence-corrected chi connectivity index (χ0v) is 7.18. The van der Waals surface area contributed by atoms with E-state index in [9.17, 15) is 13.6 Å². The molecular formula is C7H6F2O3S. The quantitative estimate of drug-likeness (QED) is 0.822. The number of ether oxygens (including phenoxy) is 1. The summed E-state index contributed by atoms with van der Waals surface area (Å²) in [7, 11) is 0. The van der Waals surface area contributed by atoms with Gasteiger partial charge in [0.1, 0.15) is 0 Å². The van der Waals surface area contributed by atoms with Crippen molar-refractivity contribution in [3.8, 4) is 0 Å². The average molecular weight is 208 g/mol. The first-order valence-electron chi connectivity index (χ1n) is 3.30. The molecule has 72 valence electrons. The number of hydrogen-bond donors (Lipinski definition) is 1. The van der Waals surface area contributed by atoms with Crippen LogP contribution in [0.4, 0.5) is 8.78 Å². The van der Waals surface area contributed by atoms with Crippen molar-refractivity contribution in [2.24, 2.45) is 0 Å². The molecule has 0 bridgehead atoms. The standard InChI is InChI=1S/C7H6F2O3S/c8-7(9,6(10)11)12-4-5-2-1-3-13-5/h1-3H,4H2,(H,10,11). The highest BCUT2D eigenvalue weighted by Gasteiger charge is 2.40. The number of thiophene rings is 1. The van der Waals surface area contributed by atoms with Crippen LogP contribution in [-0.4, -0.2) is 17.2 Å². The zero-order chi connectivity index (χ0) is 9.90. The molecule has 0 spiro atoms. The number of carboxylic acid groups (broad SMARTS) is 1. The van der Waals surface area contributed by atoms with Crippen LogP contribution in [-0.2, 0) is 16.1 Å². The molecule has 0 amide bonds. The maximum atomic E-state index is 12.3. The number of aliphatic carboxylic acids is 1. The van der Waals surface area contributed by atoms with Crippen LogP contribution in [0.1, 0.15) is 4.88 Å². The molecule has 1 N–H and O–H groups in total. The molecule has 0 aromatic carbocycles. The molecule has 0 atom stereocenters. The van der Waals surface area contributed by atoms with Crippen molar-refractivity contribution in [2.75, 3.05) is 0 Å². The number of hydrogen-bond acceptors (Lipinski definition) is 3. The van der Waals surface area contributed by atoms with Gasteiger partial charge >= 0.3 is 12.1 Å². The average Bonchev–Trinajstić information content (AvgIpc) is 2.52. The van der Waals surface area contributed by atoms with E-state index in [1.54, 1.807) is 17.5 Å². The van der Waals surface area contributed by atoms with E-state index in [1.165, 1.54) is 11.3 Å². The third kappa shape index (κ3) is 2.74. The molecule has 0 saturated heterocycles. The van der Waals surface area contributed by atoms with Gasteiger partial charge in [0.15, 0.2) is 0 Å². The molecule has 1 aromatic rings. The highest BCUT2D eigenvalue weighted by Crippen LogP contribution is 2.19. The Morgan fingerprint density at radius 1 is 1.69 bits per heavy atom. The van der Waals surface area contributed by atoms with Gasteiger partial charge in [-0.05, 0) is 11.4 Å². The summed E-state index contributed by atoms with van der Waals surface area (Å²) in [4.78, 5) is 10.5. The molecule has 0 unspecified atom stereocenters. The molecule has 3 nitrogen and oxygen atoms in total. The first-order chi connectivity index (χ1) is 6.02. The lowest BCUT2D eigenvalue weighted by Gasteiger charge is -2.10. The number of halogens is 2. The van der Waals surface area contributed by atoms with Crippen LogP contribution < -0.4 is 0 Å². The number of carbonyl (C=O) groups is 1. The van der Waals surface area contributed by atoms with E-state index in [0.29, 0.717) is 4.88 Å². The molecule has 1 heterocycles. The molecule has 0 saturated carbocycles. The summed E-state index contributed by atoms with van der Waals surface area (Å²) in [5.74, 6) is -2.27. The summed E-state index contributed by atoms with van der Waals surface area (Å²) in [5, 5.41) is 9.69. The summed E-state index contributed by atoms with van der Waals surface area (Å²) < 4.78 is 28.6. The molecule has 1 rings (SSSR count). The van der Waals surface area contributed by atoms with Gasteiger partial charge in [0.05, 0.1) is 6.61 Å². The SMILES string of the molecule is O=C(O)C(F)(F)OCc1cccs1. The van der Waals surface area contributed by atoms with Gasteiger partial charge in [-0.15, -0.1) is 11.3 Å². The fraction of sp³-hybridized carbons (Fsp3) is 0.286. The molecule has 0 fully saturated rings. The Kier molecular flexibility index (Phi) is 2.94. The first kappa shape index (κ1) is 10.1. The van der Waals surface area contributed by atoms with E-state index in [2.05, 4.69) is 4.74 Å². The van der Waals surface area contributed by atoms with E-state index in [1.807, 2.05) is 0 Å². The second-order valence-electron chi connectivity index (χ2n) is 2.19. The van der Waals surface area contributed by atoms with Crippen LogP contribution >= 0.6 is 11.3 Å². The van der Waals surface area contributed by atoms with Crippen molar-refractivity contribution in [2.45, 2.75) is 12.7 Å². The third-order valence-corrected chi connectivity index (χ3v) is 2.07. The van der Waals surface area contributed by atoms with E-state index in [4.69, 9.17) is 5.11 Å². The van der Waals surface area contributed by atoms with Crippen molar-refractivity contribution >= 4 is 17.3 Å². The number of rotatable bonds is 4. The summed E-state index contributed by atoms with van der Waals surface area (Å²) in [6, 6.07) is 3.25. The van der Waals surface area contributed by atoms with Gasteiger partial charge in [0, 0.05) is 4.88 Å². The molecule has 6 heteroatoms. The van der Waals surface area contributed by atoms with Crippen LogP contribution in [0.25, 0.3) is 0 Å². The number of carboxylic acids is 1. The minimum Gasteiger partial charge on any atom is -0.475 e.